The van der Waals surface area contributed by atoms with Crippen molar-refractivity contribution in [2.75, 3.05) is 36.5 Å². The first-order valence-corrected chi connectivity index (χ1v) is 7.23. The van der Waals surface area contributed by atoms with Gasteiger partial charge in [-0.25, -0.2) is 4.39 Å². The lowest BCUT2D eigenvalue weighted by atomic mass is 10.2. The number of nitrogens with one attached hydrogen (secondary N) is 1. The van der Waals surface area contributed by atoms with Crippen molar-refractivity contribution >= 4 is 17.3 Å². The maximum absolute atomic E-state index is 13.6. The van der Waals surface area contributed by atoms with E-state index in [0.717, 1.165) is 18.8 Å². The van der Waals surface area contributed by atoms with E-state index in [2.05, 4.69) is 10.2 Å². The topological polar surface area (TPSA) is 41.6 Å². The molecule has 0 unspecified atom stereocenters. The van der Waals surface area contributed by atoms with E-state index >= 15 is 0 Å². The summed E-state index contributed by atoms with van der Waals surface area (Å²) in [4.78, 5) is 14.4. The van der Waals surface area contributed by atoms with Crippen LogP contribution in [0.1, 0.15) is 10.4 Å². The Morgan fingerprint density at radius 3 is 2.55 bits per heavy atom. The third-order valence-corrected chi connectivity index (χ3v) is 3.59. The van der Waals surface area contributed by atoms with Gasteiger partial charge >= 0.3 is 0 Å². The predicted molar refractivity (Wildman–Crippen MR) is 83.8 cm³/mol. The smallest absolute Gasteiger partial charge is 0.255 e. The molecule has 2 aromatic carbocycles. The monoisotopic (exact) mass is 300 g/mol. The highest BCUT2D eigenvalue weighted by atomic mass is 19.1. The fraction of sp³-hybridized carbons (Fsp3) is 0.235. The van der Waals surface area contributed by atoms with Crippen molar-refractivity contribution in [2.24, 2.45) is 0 Å². The summed E-state index contributed by atoms with van der Waals surface area (Å²) in [6, 6.07) is 13.3. The number of carbonyl (C=O) groups excluding carboxylic acids is 1. The Labute approximate surface area is 128 Å². The van der Waals surface area contributed by atoms with Crippen LogP contribution in [0.5, 0.6) is 0 Å². The van der Waals surface area contributed by atoms with Crippen molar-refractivity contribution in [3.05, 3.63) is 59.9 Å². The SMILES string of the molecule is O=C(Nc1cc(F)ccc1N1CCOCC1)c1ccccc1. The second-order valence-electron chi connectivity index (χ2n) is 5.08. The number of morpholine rings is 1. The summed E-state index contributed by atoms with van der Waals surface area (Å²) < 4.78 is 18.9. The fourth-order valence-corrected chi connectivity index (χ4v) is 2.47. The molecule has 0 saturated carbocycles. The van der Waals surface area contributed by atoms with E-state index in [1.54, 1.807) is 30.3 Å². The van der Waals surface area contributed by atoms with Crippen LogP contribution in [-0.2, 0) is 4.74 Å². The van der Waals surface area contributed by atoms with Crippen molar-refractivity contribution in [3.63, 3.8) is 0 Å². The number of carbonyl (C=O) groups is 1. The summed E-state index contributed by atoms with van der Waals surface area (Å²) in [5, 5.41) is 2.80. The molecule has 4 nitrogen and oxygen atoms in total. The van der Waals surface area contributed by atoms with E-state index in [1.807, 2.05) is 6.07 Å². The third-order valence-electron chi connectivity index (χ3n) is 3.59. The number of anilines is 2. The highest BCUT2D eigenvalue weighted by molar-refractivity contribution is 6.05. The molecule has 2 aromatic rings. The van der Waals surface area contributed by atoms with Gasteiger partial charge in [0, 0.05) is 18.7 Å². The van der Waals surface area contributed by atoms with Gasteiger partial charge in [0.05, 0.1) is 24.6 Å². The molecule has 1 heterocycles. The lowest BCUT2D eigenvalue weighted by Gasteiger charge is -2.30. The number of hydrogen-bond acceptors (Lipinski definition) is 3. The van der Waals surface area contributed by atoms with Gasteiger partial charge in [0.2, 0.25) is 0 Å². The molecule has 114 valence electrons. The molecule has 0 spiro atoms. The Kier molecular flexibility index (Phi) is 4.34. The first-order chi connectivity index (χ1) is 10.7. The molecular weight excluding hydrogens is 283 g/mol. The Hall–Kier alpha value is -2.40. The van der Waals surface area contributed by atoms with Crippen LogP contribution in [0.3, 0.4) is 0 Å². The van der Waals surface area contributed by atoms with E-state index in [9.17, 15) is 9.18 Å². The average molecular weight is 300 g/mol. The zero-order valence-corrected chi connectivity index (χ0v) is 12.1. The van der Waals surface area contributed by atoms with Gasteiger partial charge in [0.25, 0.3) is 5.91 Å². The van der Waals surface area contributed by atoms with Crippen LogP contribution >= 0.6 is 0 Å². The summed E-state index contributed by atoms with van der Waals surface area (Å²) in [6.07, 6.45) is 0. The molecule has 0 aromatic heterocycles. The Balaban J connectivity index is 1.85. The van der Waals surface area contributed by atoms with Crippen molar-refractivity contribution in [3.8, 4) is 0 Å². The second-order valence-corrected chi connectivity index (χ2v) is 5.08. The van der Waals surface area contributed by atoms with Crippen molar-refractivity contribution < 1.29 is 13.9 Å². The molecule has 1 aliphatic heterocycles. The van der Waals surface area contributed by atoms with Crippen LogP contribution in [0.15, 0.2) is 48.5 Å². The van der Waals surface area contributed by atoms with E-state index in [1.165, 1.54) is 12.1 Å². The summed E-state index contributed by atoms with van der Waals surface area (Å²) in [6.45, 7) is 2.70. The van der Waals surface area contributed by atoms with E-state index in [0.29, 0.717) is 24.5 Å². The predicted octanol–water partition coefficient (Wildman–Crippen LogP) is 2.91. The van der Waals surface area contributed by atoms with Gasteiger partial charge in [0.1, 0.15) is 5.82 Å². The molecule has 0 bridgehead atoms. The van der Waals surface area contributed by atoms with Crippen LogP contribution in [0.25, 0.3) is 0 Å². The number of ether oxygens (including phenoxy) is 1. The van der Waals surface area contributed by atoms with Crippen molar-refractivity contribution in [2.45, 2.75) is 0 Å². The number of nitrogens with zero attached hydrogens (tertiary/aromatic N) is 1. The van der Waals surface area contributed by atoms with Crippen LogP contribution in [-0.4, -0.2) is 32.2 Å². The molecular formula is C17H17FN2O2. The minimum absolute atomic E-state index is 0.249. The fourth-order valence-electron chi connectivity index (χ4n) is 2.47. The largest absolute Gasteiger partial charge is 0.378 e. The van der Waals surface area contributed by atoms with Gasteiger partial charge in [-0.3, -0.25) is 4.79 Å². The van der Waals surface area contributed by atoms with Gasteiger partial charge in [0.15, 0.2) is 0 Å². The molecule has 3 rings (SSSR count). The number of benzene rings is 2. The summed E-state index contributed by atoms with van der Waals surface area (Å²) in [5.41, 5.74) is 1.84. The molecule has 0 aliphatic carbocycles. The minimum atomic E-state index is -0.375. The molecule has 1 fully saturated rings. The maximum atomic E-state index is 13.6. The minimum Gasteiger partial charge on any atom is -0.378 e. The molecule has 0 atom stereocenters. The zero-order chi connectivity index (χ0) is 15.4. The van der Waals surface area contributed by atoms with Crippen LogP contribution < -0.4 is 10.2 Å². The Bertz CT molecular complexity index is 655. The van der Waals surface area contributed by atoms with Gasteiger partial charge in [-0.2, -0.15) is 0 Å². The van der Waals surface area contributed by atoms with E-state index < -0.39 is 0 Å². The Morgan fingerprint density at radius 2 is 1.82 bits per heavy atom. The van der Waals surface area contributed by atoms with Gasteiger partial charge in [-0.05, 0) is 30.3 Å². The number of halogens is 1. The molecule has 1 N–H and O–H groups in total. The van der Waals surface area contributed by atoms with Crippen LogP contribution in [0, 0.1) is 5.82 Å². The van der Waals surface area contributed by atoms with E-state index in [4.69, 9.17) is 4.74 Å². The van der Waals surface area contributed by atoms with Crippen molar-refractivity contribution in [1.29, 1.82) is 0 Å². The lowest BCUT2D eigenvalue weighted by molar-refractivity contribution is 0.102. The van der Waals surface area contributed by atoms with E-state index in [-0.39, 0.29) is 11.7 Å². The zero-order valence-electron chi connectivity index (χ0n) is 12.1. The summed E-state index contributed by atoms with van der Waals surface area (Å²) in [7, 11) is 0. The Morgan fingerprint density at radius 1 is 1.09 bits per heavy atom. The summed E-state index contributed by atoms with van der Waals surface area (Å²) >= 11 is 0. The molecule has 1 amide bonds. The first-order valence-electron chi connectivity index (χ1n) is 7.23. The standard InChI is InChI=1S/C17H17FN2O2/c18-14-6-7-16(20-8-10-22-11-9-20)15(12-14)19-17(21)13-4-2-1-3-5-13/h1-7,12H,8-11H2,(H,19,21). The quantitative estimate of drug-likeness (QED) is 0.947. The highest BCUT2D eigenvalue weighted by Crippen LogP contribution is 2.28. The molecule has 1 saturated heterocycles. The molecule has 22 heavy (non-hydrogen) atoms. The molecule has 1 aliphatic rings. The molecule has 5 heteroatoms. The number of rotatable bonds is 3. The number of hydrogen-bond donors (Lipinski definition) is 1. The summed E-state index contributed by atoms with van der Waals surface area (Å²) in [5.74, 6) is -0.624. The normalized spacial score (nSPS) is 14.7. The lowest BCUT2D eigenvalue weighted by Crippen LogP contribution is -2.36. The average Bonchev–Trinajstić information content (AvgIpc) is 2.56. The maximum Gasteiger partial charge on any atom is 0.255 e. The van der Waals surface area contributed by atoms with Gasteiger partial charge < -0.3 is 15.0 Å². The van der Waals surface area contributed by atoms with Gasteiger partial charge in [-0.1, -0.05) is 18.2 Å². The van der Waals surface area contributed by atoms with Crippen LogP contribution in [0.4, 0.5) is 15.8 Å². The number of amides is 1. The highest BCUT2D eigenvalue weighted by Gasteiger charge is 2.17. The molecule has 0 radical (unpaired) electrons. The third kappa shape index (κ3) is 3.26. The second kappa shape index (κ2) is 6.58. The van der Waals surface area contributed by atoms with Crippen molar-refractivity contribution in [1.82, 2.24) is 0 Å². The first kappa shape index (κ1) is 14.5. The van der Waals surface area contributed by atoms with Crippen LogP contribution in [0.2, 0.25) is 0 Å². The van der Waals surface area contributed by atoms with Gasteiger partial charge in [-0.15, -0.1) is 0 Å².